The van der Waals surface area contributed by atoms with E-state index in [9.17, 15) is 23.4 Å². The number of aliphatic hydroxyl groups is 2. The molecule has 0 bridgehead atoms. The molecule has 1 rings (SSSR count). The van der Waals surface area contributed by atoms with Crippen molar-refractivity contribution in [1.29, 1.82) is 0 Å². The highest BCUT2D eigenvalue weighted by Crippen LogP contribution is 2.34. The van der Waals surface area contributed by atoms with E-state index in [1.165, 1.54) is 0 Å². The van der Waals surface area contributed by atoms with E-state index in [-0.39, 0.29) is 5.88 Å². The molecule has 0 spiro atoms. The number of pyridine rings is 1. The van der Waals surface area contributed by atoms with Gasteiger partial charge in [0.05, 0.1) is 23.2 Å². The topological polar surface area (TPSA) is 53.4 Å². The first-order valence-electron chi connectivity index (χ1n) is 4.32. The molecular weight excluding hydrogens is 247 g/mol. The van der Waals surface area contributed by atoms with Crippen LogP contribution in [0.5, 0.6) is 0 Å². The average molecular weight is 256 g/mol. The fourth-order valence-corrected chi connectivity index (χ4v) is 1.33. The minimum Gasteiger partial charge on any atom is -0.389 e. The number of rotatable bonds is 3. The number of alkyl halides is 4. The summed E-state index contributed by atoms with van der Waals surface area (Å²) in [5.41, 5.74) is -1.70. The van der Waals surface area contributed by atoms with Gasteiger partial charge in [-0.2, -0.15) is 13.2 Å². The lowest BCUT2D eigenvalue weighted by atomic mass is 10.1. The molecule has 2 N–H and O–H groups in total. The summed E-state index contributed by atoms with van der Waals surface area (Å²) in [4.78, 5) is 3.43. The molecule has 0 fully saturated rings. The van der Waals surface area contributed by atoms with Gasteiger partial charge in [-0.25, -0.2) is 0 Å². The van der Waals surface area contributed by atoms with Gasteiger partial charge in [0.15, 0.2) is 0 Å². The van der Waals surface area contributed by atoms with E-state index in [1.54, 1.807) is 0 Å². The molecule has 7 heteroatoms. The van der Waals surface area contributed by atoms with Gasteiger partial charge < -0.3 is 10.2 Å². The monoisotopic (exact) mass is 255 g/mol. The minimum absolute atomic E-state index is 0.380. The standard InChI is InChI=1S/C9H9ClF3NO2/c10-4-6(15)8(16)7-5(9(11,12)13)2-1-3-14-7/h1-3,6,8,15-16H,4H2. The van der Waals surface area contributed by atoms with Gasteiger partial charge in [-0.05, 0) is 12.1 Å². The maximum absolute atomic E-state index is 12.5. The van der Waals surface area contributed by atoms with E-state index in [0.717, 1.165) is 18.3 Å². The Morgan fingerprint density at radius 1 is 1.38 bits per heavy atom. The van der Waals surface area contributed by atoms with Gasteiger partial charge in [-0.15, -0.1) is 11.6 Å². The van der Waals surface area contributed by atoms with Gasteiger partial charge in [-0.3, -0.25) is 4.98 Å². The highest BCUT2D eigenvalue weighted by Gasteiger charge is 2.37. The molecule has 0 amide bonds. The van der Waals surface area contributed by atoms with E-state index < -0.39 is 29.6 Å². The van der Waals surface area contributed by atoms with Crippen LogP contribution < -0.4 is 0 Å². The average Bonchev–Trinajstić information content (AvgIpc) is 2.26. The van der Waals surface area contributed by atoms with Crippen LogP contribution in [-0.4, -0.2) is 27.2 Å². The Bertz CT molecular complexity index is 359. The SMILES string of the molecule is OC(CCl)C(O)c1ncccc1C(F)(F)F. The minimum atomic E-state index is -4.63. The lowest BCUT2D eigenvalue weighted by molar-refractivity contribution is -0.140. The van der Waals surface area contributed by atoms with Crippen molar-refractivity contribution in [2.45, 2.75) is 18.4 Å². The predicted molar refractivity (Wildman–Crippen MR) is 50.9 cm³/mol. The van der Waals surface area contributed by atoms with Crippen LogP contribution in [0.25, 0.3) is 0 Å². The molecule has 0 aromatic carbocycles. The lowest BCUT2D eigenvalue weighted by Gasteiger charge is -2.18. The maximum atomic E-state index is 12.5. The van der Waals surface area contributed by atoms with Crippen molar-refractivity contribution in [2.75, 3.05) is 5.88 Å². The predicted octanol–water partition coefficient (Wildman–Crippen LogP) is 1.73. The lowest BCUT2D eigenvalue weighted by Crippen LogP contribution is -2.24. The molecule has 2 atom stereocenters. The highest BCUT2D eigenvalue weighted by molar-refractivity contribution is 6.18. The van der Waals surface area contributed by atoms with Crippen molar-refractivity contribution >= 4 is 11.6 Å². The molecule has 3 nitrogen and oxygen atoms in total. The van der Waals surface area contributed by atoms with Crippen LogP contribution in [-0.2, 0) is 6.18 Å². The van der Waals surface area contributed by atoms with E-state index >= 15 is 0 Å². The third-order valence-corrected chi connectivity index (χ3v) is 2.26. The summed E-state index contributed by atoms with van der Waals surface area (Å²) in [7, 11) is 0. The molecule has 0 aliphatic carbocycles. The second kappa shape index (κ2) is 4.99. The molecule has 0 aliphatic heterocycles. The Morgan fingerprint density at radius 3 is 2.50 bits per heavy atom. The van der Waals surface area contributed by atoms with Gasteiger partial charge in [0.1, 0.15) is 6.10 Å². The normalized spacial score (nSPS) is 15.9. The molecule has 0 aliphatic rings. The largest absolute Gasteiger partial charge is 0.418 e. The van der Waals surface area contributed by atoms with E-state index in [2.05, 4.69) is 4.98 Å². The summed E-state index contributed by atoms with van der Waals surface area (Å²) in [6.45, 7) is 0. The quantitative estimate of drug-likeness (QED) is 0.809. The highest BCUT2D eigenvalue weighted by atomic mass is 35.5. The first-order valence-corrected chi connectivity index (χ1v) is 4.85. The third-order valence-electron chi connectivity index (χ3n) is 1.95. The Kier molecular flexibility index (Phi) is 4.12. The maximum Gasteiger partial charge on any atom is 0.418 e. The summed E-state index contributed by atoms with van der Waals surface area (Å²) >= 11 is 5.24. The molecular formula is C9H9ClF3NO2. The molecule has 2 unspecified atom stereocenters. The van der Waals surface area contributed by atoms with Gasteiger partial charge in [-0.1, -0.05) is 0 Å². The van der Waals surface area contributed by atoms with Gasteiger partial charge >= 0.3 is 6.18 Å². The Morgan fingerprint density at radius 2 is 2.00 bits per heavy atom. The first kappa shape index (κ1) is 13.2. The smallest absolute Gasteiger partial charge is 0.389 e. The van der Waals surface area contributed by atoms with Crippen molar-refractivity contribution < 1.29 is 23.4 Å². The Balaban J connectivity index is 3.13. The second-order valence-electron chi connectivity index (χ2n) is 3.10. The molecule has 0 saturated carbocycles. The van der Waals surface area contributed by atoms with E-state index in [4.69, 9.17) is 11.6 Å². The number of aromatic nitrogens is 1. The van der Waals surface area contributed by atoms with Crippen LogP contribution >= 0.6 is 11.6 Å². The van der Waals surface area contributed by atoms with Crippen LogP contribution in [0, 0.1) is 0 Å². The number of hydrogen-bond donors (Lipinski definition) is 2. The summed E-state index contributed by atoms with van der Waals surface area (Å²) < 4.78 is 37.5. The number of hydrogen-bond acceptors (Lipinski definition) is 3. The zero-order valence-electron chi connectivity index (χ0n) is 7.95. The summed E-state index contributed by atoms with van der Waals surface area (Å²) in [6.07, 6.45) is -6.77. The molecule has 1 heterocycles. The second-order valence-corrected chi connectivity index (χ2v) is 3.41. The Hall–Kier alpha value is -0.850. The number of halogens is 4. The molecule has 16 heavy (non-hydrogen) atoms. The zero-order chi connectivity index (χ0) is 12.3. The van der Waals surface area contributed by atoms with Crippen molar-refractivity contribution in [3.8, 4) is 0 Å². The van der Waals surface area contributed by atoms with Crippen molar-refractivity contribution in [3.63, 3.8) is 0 Å². The first-order chi connectivity index (χ1) is 7.38. The van der Waals surface area contributed by atoms with Gasteiger partial charge in [0.2, 0.25) is 0 Å². The molecule has 90 valence electrons. The third kappa shape index (κ3) is 2.84. The van der Waals surface area contributed by atoms with Crippen LogP contribution in [0.3, 0.4) is 0 Å². The molecule has 1 aromatic rings. The zero-order valence-corrected chi connectivity index (χ0v) is 8.70. The Labute approximate surface area is 94.5 Å². The number of aliphatic hydroxyl groups excluding tert-OH is 2. The summed E-state index contributed by atoms with van der Waals surface area (Å²) in [5.74, 6) is -0.380. The van der Waals surface area contributed by atoms with Crippen LogP contribution in [0.15, 0.2) is 18.3 Å². The number of nitrogens with zero attached hydrogens (tertiary/aromatic N) is 1. The van der Waals surface area contributed by atoms with Crippen molar-refractivity contribution in [2.24, 2.45) is 0 Å². The summed E-state index contributed by atoms with van der Waals surface area (Å²) in [5, 5.41) is 18.6. The fourth-order valence-electron chi connectivity index (χ4n) is 1.16. The molecule has 0 saturated heterocycles. The molecule has 0 radical (unpaired) electrons. The van der Waals surface area contributed by atoms with Crippen LogP contribution in [0.2, 0.25) is 0 Å². The van der Waals surface area contributed by atoms with Crippen LogP contribution in [0.4, 0.5) is 13.2 Å². The van der Waals surface area contributed by atoms with Crippen molar-refractivity contribution in [3.05, 3.63) is 29.6 Å². The van der Waals surface area contributed by atoms with E-state index in [1.807, 2.05) is 0 Å². The molecule has 1 aromatic heterocycles. The van der Waals surface area contributed by atoms with Crippen molar-refractivity contribution in [1.82, 2.24) is 4.98 Å². The van der Waals surface area contributed by atoms with Gasteiger partial charge in [0.25, 0.3) is 0 Å². The van der Waals surface area contributed by atoms with Gasteiger partial charge in [0, 0.05) is 6.20 Å². The fraction of sp³-hybridized carbons (Fsp3) is 0.444. The van der Waals surface area contributed by atoms with E-state index in [0.29, 0.717) is 0 Å². The van der Waals surface area contributed by atoms with Crippen LogP contribution in [0.1, 0.15) is 17.4 Å². The summed E-state index contributed by atoms with van der Waals surface area (Å²) in [6, 6.07) is 1.89.